The first-order valence-corrected chi connectivity index (χ1v) is 13.8. The van der Waals surface area contributed by atoms with Gasteiger partial charge >= 0.3 is 0 Å². The maximum Gasteiger partial charge on any atom is 0.101 e. The van der Waals surface area contributed by atoms with Crippen LogP contribution in [0.1, 0.15) is 11.1 Å². The lowest BCUT2D eigenvalue weighted by atomic mass is 10.0. The maximum absolute atomic E-state index is 9.94. The van der Waals surface area contributed by atoms with Gasteiger partial charge in [-0.05, 0) is 77.9 Å². The summed E-state index contributed by atoms with van der Waals surface area (Å²) < 4.78 is 4.46. The van der Waals surface area contributed by atoms with E-state index in [1.165, 1.54) is 21.8 Å². The number of fused-ring (bicyclic) bond motifs is 6. The lowest BCUT2D eigenvalue weighted by Gasteiger charge is -2.11. The summed E-state index contributed by atoms with van der Waals surface area (Å²) in [5.74, 6) is 0. The number of para-hydroxylation sites is 3. The second kappa shape index (κ2) is 9.24. The van der Waals surface area contributed by atoms with Gasteiger partial charge in [-0.2, -0.15) is 10.5 Å². The third-order valence-electron chi connectivity index (χ3n) is 8.18. The number of nitrogens with zero attached hydrogens (tertiary/aromatic N) is 4. The highest BCUT2D eigenvalue weighted by molar-refractivity contribution is 6.12. The summed E-state index contributed by atoms with van der Waals surface area (Å²) in [6.07, 6.45) is 0. The third kappa shape index (κ3) is 3.47. The molecule has 0 fully saturated rings. The lowest BCUT2D eigenvalue weighted by molar-refractivity contribution is 1.16. The normalized spacial score (nSPS) is 11.3. The zero-order chi connectivity index (χ0) is 28.2. The molecule has 0 aliphatic carbocycles. The molecule has 0 bridgehead atoms. The molecule has 0 unspecified atom stereocenters. The molecule has 0 spiro atoms. The summed E-state index contributed by atoms with van der Waals surface area (Å²) in [6.45, 7) is 0. The minimum atomic E-state index is 0.473. The van der Waals surface area contributed by atoms with Crippen molar-refractivity contribution >= 4 is 43.6 Å². The minimum absolute atomic E-state index is 0.473. The van der Waals surface area contributed by atoms with E-state index in [0.717, 1.165) is 44.3 Å². The summed E-state index contributed by atoms with van der Waals surface area (Å²) >= 11 is 0. The van der Waals surface area contributed by atoms with Crippen molar-refractivity contribution in [2.24, 2.45) is 0 Å². The Hall–Kier alpha value is -6.10. The molecule has 0 saturated carbocycles. The molecule has 0 radical (unpaired) electrons. The van der Waals surface area contributed by atoms with Crippen molar-refractivity contribution in [3.8, 4) is 34.6 Å². The van der Waals surface area contributed by atoms with E-state index < -0.39 is 0 Å². The lowest BCUT2D eigenvalue weighted by Crippen LogP contribution is -1.98. The molecule has 194 valence electrons. The monoisotopic (exact) mass is 534 g/mol. The first kappa shape index (κ1) is 23.8. The molecular formula is C38H22N4. The van der Waals surface area contributed by atoms with E-state index in [4.69, 9.17) is 0 Å². The van der Waals surface area contributed by atoms with Crippen LogP contribution in [0.4, 0.5) is 0 Å². The van der Waals surface area contributed by atoms with Crippen LogP contribution in [-0.4, -0.2) is 9.13 Å². The predicted octanol–water partition coefficient (Wildman–Crippen LogP) is 9.29. The zero-order valence-electron chi connectivity index (χ0n) is 22.5. The van der Waals surface area contributed by atoms with Crippen LogP contribution in [0.25, 0.3) is 66.1 Å². The fourth-order valence-corrected chi connectivity index (χ4v) is 6.31. The summed E-state index contributed by atoms with van der Waals surface area (Å²) in [7, 11) is 0. The molecule has 4 heteroatoms. The summed E-state index contributed by atoms with van der Waals surface area (Å²) in [5.41, 5.74) is 9.53. The molecule has 4 nitrogen and oxygen atoms in total. The van der Waals surface area contributed by atoms with Gasteiger partial charge in [0.1, 0.15) is 6.07 Å². The summed E-state index contributed by atoms with van der Waals surface area (Å²) in [4.78, 5) is 0. The smallest absolute Gasteiger partial charge is 0.101 e. The van der Waals surface area contributed by atoms with Crippen LogP contribution in [0, 0.1) is 22.7 Å². The van der Waals surface area contributed by atoms with Crippen LogP contribution in [-0.2, 0) is 0 Å². The number of aromatic nitrogens is 2. The van der Waals surface area contributed by atoms with Gasteiger partial charge in [-0.1, -0.05) is 66.7 Å². The Bertz CT molecular complexity index is 2430. The molecule has 2 aromatic heterocycles. The number of benzene rings is 6. The summed E-state index contributed by atoms with van der Waals surface area (Å²) in [6, 6.07) is 50.4. The molecule has 6 aromatic carbocycles. The van der Waals surface area contributed by atoms with E-state index in [9.17, 15) is 10.5 Å². The first-order chi connectivity index (χ1) is 20.7. The standard InChI is InChI=1S/C38H22N4/c39-23-25-14-17-34(28(20-25)24-40)42-36-13-7-5-11-31(36)33-22-27(16-19-38(33)42)26-15-18-37-32(21-26)30-10-4-6-12-35(30)41(37)29-8-2-1-3-9-29/h1-22H. The maximum atomic E-state index is 9.94. The van der Waals surface area contributed by atoms with E-state index >= 15 is 0 Å². The third-order valence-corrected chi connectivity index (χ3v) is 8.18. The fraction of sp³-hybridized carbons (Fsp3) is 0. The van der Waals surface area contributed by atoms with Crippen molar-refractivity contribution in [2.45, 2.75) is 0 Å². The van der Waals surface area contributed by atoms with Crippen molar-refractivity contribution in [1.29, 1.82) is 10.5 Å². The number of rotatable bonds is 3. The van der Waals surface area contributed by atoms with Gasteiger partial charge in [0.25, 0.3) is 0 Å². The Morgan fingerprint density at radius 2 is 0.976 bits per heavy atom. The van der Waals surface area contributed by atoms with Crippen LogP contribution in [0.2, 0.25) is 0 Å². The molecule has 0 aliphatic heterocycles. The van der Waals surface area contributed by atoms with Crippen molar-refractivity contribution in [3.05, 3.63) is 145 Å². The van der Waals surface area contributed by atoms with Gasteiger partial charge in [0.05, 0.1) is 45.0 Å². The molecule has 8 rings (SSSR count). The van der Waals surface area contributed by atoms with Crippen molar-refractivity contribution in [1.82, 2.24) is 9.13 Å². The molecular weight excluding hydrogens is 512 g/mol. The second-order valence-corrected chi connectivity index (χ2v) is 10.5. The minimum Gasteiger partial charge on any atom is -0.309 e. The number of hydrogen-bond acceptors (Lipinski definition) is 2. The molecule has 8 aromatic rings. The van der Waals surface area contributed by atoms with E-state index in [1.54, 1.807) is 12.1 Å². The highest BCUT2D eigenvalue weighted by Crippen LogP contribution is 2.38. The van der Waals surface area contributed by atoms with E-state index in [-0.39, 0.29) is 0 Å². The average Bonchev–Trinajstić information content (AvgIpc) is 3.57. The second-order valence-electron chi connectivity index (χ2n) is 10.5. The van der Waals surface area contributed by atoms with Crippen molar-refractivity contribution < 1.29 is 0 Å². The van der Waals surface area contributed by atoms with Gasteiger partial charge in [0, 0.05) is 27.2 Å². The molecule has 42 heavy (non-hydrogen) atoms. The van der Waals surface area contributed by atoms with Gasteiger partial charge < -0.3 is 9.13 Å². The van der Waals surface area contributed by atoms with Gasteiger partial charge in [0.2, 0.25) is 0 Å². The highest BCUT2D eigenvalue weighted by Gasteiger charge is 2.17. The van der Waals surface area contributed by atoms with Gasteiger partial charge in [-0.25, -0.2) is 0 Å². The quantitative estimate of drug-likeness (QED) is 0.227. The Balaban J connectivity index is 1.35. The highest BCUT2D eigenvalue weighted by atomic mass is 15.0. The Morgan fingerprint density at radius 1 is 0.429 bits per heavy atom. The topological polar surface area (TPSA) is 57.4 Å². The predicted molar refractivity (Wildman–Crippen MR) is 170 cm³/mol. The molecule has 0 amide bonds. The van der Waals surface area contributed by atoms with E-state index in [0.29, 0.717) is 11.1 Å². The number of hydrogen-bond donors (Lipinski definition) is 0. The summed E-state index contributed by atoms with van der Waals surface area (Å²) in [5, 5.41) is 24.0. The van der Waals surface area contributed by atoms with Crippen LogP contribution < -0.4 is 0 Å². The SMILES string of the molecule is N#Cc1ccc(-n2c3ccccc3c3cc(-c4ccc5c(c4)c4ccccc4n5-c4ccccc4)ccc32)c(C#N)c1. The van der Waals surface area contributed by atoms with Crippen LogP contribution in [0.5, 0.6) is 0 Å². The molecule has 0 atom stereocenters. The Morgan fingerprint density at radius 3 is 1.60 bits per heavy atom. The molecule has 0 N–H and O–H groups in total. The van der Waals surface area contributed by atoms with Crippen molar-refractivity contribution in [3.63, 3.8) is 0 Å². The van der Waals surface area contributed by atoms with Gasteiger partial charge in [-0.3, -0.25) is 0 Å². The largest absolute Gasteiger partial charge is 0.309 e. The number of nitriles is 2. The molecule has 2 heterocycles. The van der Waals surface area contributed by atoms with E-state index in [2.05, 4.69) is 118 Å². The van der Waals surface area contributed by atoms with Gasteiger partial charge in [-0.15, -0.1) is 0 Å². The fourth-order valence-electron chi connectivity index (χ4n) is 6.31. The van der Waals surface area contributed by atoms with Crippen LogP contribution in [0.3, 0.4) is 0 Å². The Kier molecular flexibility index (Phi) is 5.22. The average molecular weight is 535 g/mol. The zero-order valence-corrected chi connectivity index (χ0v) is 22.5. The van der Waals surface area contributed by atoms with Crippen LogP contribution >= 0.6 is 0 Å². The first-order valence-electron chi connectivity index (χ1n) is 13.8. The molecule has 0 aliphatic rings. The molecule has 0 saturated heterocycles. The Labute approximate surface area is 242 Å². The van der Waals surface area contributed by atoms with E-state index in [1.807, 2.05) is 24.3 Å². The van der Waals surface area contributed by atoms with Gasteiger partial charge in [0.15, 0.2) is 0 Å². The van der Waals surface area contributed by atoms with Crippen molar-refractivity contribution in [2.75, 3.05) is 0 Å². The van der Waals surface area contributed by atoms with Crippen LogP contribution in [0.15, 0.2) is 133 Å².